The van der Waals surface area contributed by atoms with Crippen molar-refractivity contribution < 1.29 is 9.59 Å². The van der Waals surface area contributed by atoms with Gasteiger partial charge >= 0.3 is 0 Å². The molecule has 1 heterocycles. The predicted molar refractivity (Wildman–Crippen MR) is 62.6 cm³/mol. The number of hydrogen-bond acceptors (Lipinski definition) is 3. The van der Waals surface area contributed by atoms with Crippen molar-refractivity contribution in [1.29, 1.82) is 0 Å². The number of aldehydes is 1. The largest absolute Gasteiger partial charge is 0.337 e. The van der Waals surface area contributed by atoms with Crippen molar-refractivity contribution in [3.63, 3.8) is 0 Å². The Bertz CT molecular complexity index is 334. The molecule has 1 aliphatic heterocycles. The second kappa shape index (κ2) is 6.19. The van der Waals surface area contributed by atoms with Crippen molar-refractivity contribution in [3.05, 3.63) is 23.8 Å². The molecule has 0 bridgehead atoms. The summed E-state index contributed by atoms with van der Waals surface area (Å²) in [7, 11) is 0. The first kappa shape index (κ1) is 11.7. The van der Waals surface area contributed by atoms with E-state index in [-0.39, 0.29) is 0 Å². The molecular weight excluding hydrogens is 212 g/mol. The Balaban J connectivity index is 2.57. The Hall–Kier alpha value is -1.36. The van der Waals surface area contributed by atoms with Gasteiger partial charge in [-0.05, 0) is 18.1 Å². The molecule has 4 nitrogen and oxygen atoms in total. The third-order valence-electron chi connectivity index (χ3n) is 1.87. The summed E-state index contributed by atoms with van der Waals surface area (Å²) < 4.78 is 0. The Morgan fingerprint density at radius 2 is 2.53 bits per heavy atom. The molecule has 1 amide bonds. The zero-order valence-corrected chi connectivity index (χ0v) is 8.98. The van der Waals surface area contributed by atoms with Crippen LogP contribution in [0.1, 0.15) is 6.42 Å². The number of nitrogens with zero attached hydrogens (tertiary/aromatic N) is 1. The van der Waals surface area contributed by atoms with E-state index in [0.29, 0.717) is 19.3 Å². The molecule has 0 saturated carbocycles. The fourth-order valence-corrected chi connectivity index (χ4v) is 1.38. The third-order valence-corrected chi connectivity index (χ3v) is 1.99. The maximum Gasteiger partial charge on any atom is 0.276 e. The molecule has 0 spiro atoms. The van der Waals surface area contributed by atoms with Crippen molar-refractivity contribution in [1.82, 2.24) is 5.32 Å². The molecule has 1 N–H and O–H groups in total. The molecular formula is C10H12N2O2S. The lowest BCUT2D eigenvalue weighted by Gasteiger charge is -2.10. The number of rotatable bonds is 4. The summed E-state index contributed by atoms with van der Waals surface area (Å²) in [5, 5.41) is 1.93. The van der Waals surface area contributed by atoms with Crippen molar-refractivity contribution in [2.24, 2.45) is 4.99 Å². The Morgan fingerprint density at radius 1 is 1.73 bits per heavy atom. The Labute approximate surface area is 93.6 Å². The van der Waals surface area contributed by atoms with Crippen LogP contribution in [0.2, 0.25) is 0 Å². The molecule has 0 aliphatic carbocycles. The number of carbonyl (C=O) groups is 2. The lowest BCUT2D eigenvalue weighted by Crippen LogP contribution is -2.32. The number of nitrogens with one attached hydrogen (secondary N) is 1. The molecule has 0 fully saturated rings. The second-order valence-corrected chi connectivity index (χ2v) is 3.46. The van der Waals surface area contributed by atoms with Gasteiger partial charge in [0.2, 0.25) is 0 Å². The molecule has 0 aromatic carbocycles. The number of aliphatic imine (C=N–C) groups is 1. The number of carbonyl (C=O) groups excluding carboxylic acids is 2. The SMILES string of the molecule is O=CC(CC1=CC=NCC=C1)NC(=O)S. The average molecular weight is 224 g/mol. The van der Waals surface area contributed by atoms with Crippen LogP contribution < -0.4 is 5.32 Å². The first-order valence-corrected chi connectivity index (χ1v) is 4.97. The molecule has 1 unspecified atom stereocenters. The fourth-order valence-electron chi connectivity index (χ4n) is 1.21. The summed E-state index contributed by atoms with van der Waals surface area (Å²) in [6.45, 7) is 0.644. The van der Waals surface area contributed by atoms with Crippen LogP contribution in [0.5, 0.6) is 0 Å². The van der Waals surface area contributed by atoms with E-state index in [1.165, 1.54) is 0 Å². The molecule has 0 aromatic rings. The highest BCUT2D eigenvalue weighted by Crippen LogP contribution is 2.08. The first-order chi connectivity index (χ1) is 7.22. The van der Waals surface area contributed by atoms with Crippen molar-refractivity contribution in [2.45, 2.75) is 12.5 Å². The normalized spacial score (nSPS) is 16.5. The van der Waals surface area contributed by atoms with E-state index in [0.717, 1.165) is 5.57 Å². The van der Waals surface area contributed by atoms with E-state index in [1.807, 2.05) is 18.2 Å². The summed E-state index contributed by atoms with van der Waals surface area (Å²) in [5.41, 5.74) is 0.954. The van der Waals surface area contributed by atoms with Crippen LogP contribution in [-0.4, -0.2) is 30.3 Å². The minimum atomic E-state index is -0.530. The third kappa shape index (κ3) is 4.60. The minimum absolute atomic E-state index is 0.457. The lowest BCUT2D eigenvalue weighted by molar-refractivity contribution is -0.109. The van der Waals surface area contributed by atoms with Crippen LogP contribution in [0, 0.1) is 0 Å². The number of hydrogen-bond donors (Lipinski definition) is 2. The van der Waals surface area contributed by atoms with Gasteiger partial charge < -0.3 is 10.1 Å². The van der Waals surface area contributed by atoms with Crippen LogP contribution >= 0.6 is 12.6 Å². The smallest absolute Gasteiger partial charge is 0.276 e. The highest BCUT2D eigenvalue weighted by Gasteiger charge is 2.10. The molecule has 0 aromatic heterocycles. The first-order valence-electron chi connectivity index (χ1n) is 4.52. The standard InChI is InChI=1S/C10H12N2O2S/c13-7-9(12-10(14)15)6-8-2-1-4-11-5-3-8/h1-3,5,7,9H,4,6H2,(H2,12,14,15). The highest BCUT2D eigenvalue weighted by atomic mass is 32.1. The van der Waals surface area contributed by atoms with Gasteiger partial charge in [0.05, 0.1) is 12.6 Å². The van der Waals surface area contributed by atoms with Gasteiger partial charge in [0.25, 0.3) is 5.24 Å². The van der Waals surface area contributed by atoms with Gasteiger partial charge in [0, 0.05) is 6.21 Å². The van der Waals surface area contributed by atoms with Gasteiger partial charge in [-0.1, -0.05) is 24.8 Å². The topological polar surface area (TPSA) is 58.5 Å². The maximum atomic E-state index is 10.7. The van der Waals surface area contributed by atoms with Gasteiger partial charge in [-0.3, -0.25) is 9.79 Å². The summed E-state index contributed by atoms with van der Waals surface area (Å²) in [6, 6.07) is -0.530. The zero-order chi connectivity index (χ0) is 11.1. The Morgan fingerprint density at radius 3 is 3.20 bits per heavy atom. The minimum Gasteiger partial charge on any atom is -0.337 e. The Kier molecular flexibility index (Phi) is 4.83. The van der Waals surface area contributed by atoms with Gasteiger partial charge in [-0.15, -0.1) is 0 Å². The van der Waals surface area contributed by atoms with Crippen molar-refractivity contribution in [2.75, 3.05) is 6.54 Å². The summed E-state index contributed by atoms with van der Waals surface area (Å²) >= 11 is 3.56. The van der Waals surface area contributed by atoms with Crippen LogP contribution in [0.15, 0.2) is 28.8 Å². The monoisotopic (exact) mass is 224 g/mol. The van der Waals surface area contributed by atoms with E-state index in [4.69, 9.17) is 0 Å². The van der Waals surface area contributed by atoms with Crippen LogP contribution in [0.4, 0.5) is 4.79 Å². The summed E-state index contributed by atoms with van der Waals surface area (Å²) in [6.07, 6.45) is 8.47. The summed E-state index contributed by atoms with van der Waals surface area (Å²) in [4.78, 5) is 25.4. The van der Waals surface area contributed by atoms with Gasteiger partial charge in [-0.25, -0.2) is 0 Å². The molecule has 0 saturated heterocycles. The molecule has 1 atom stereocenters. The van der Waals surface area contributed by atoms with Crippen LogP contribution in [0.25, 0.3) is 0 Å². The summed E-state index contributed by atoms with van der Waals surface area (Å²) in [5.74, 6) is 0. The van der Waals surface area contributed by atoms with Crippen molar-refractivity contribution >= 4 is 30.4 Å². The number of allylic oxidation sites excluding steroid dienone is 2. The number of amides is 1. The fraction of sp³-hybridized carbons (Fsp3) is 0.300. The highest BCUT2D eigenvalue weighted by molar-refractivity contribution is 7.96. The second-order valence-electron chi connectivity index (χ2n) is 3.05. The van der Waals surface area contributed by atoms with Gasteiger partial charge in [0.15, 0.2) is 0 Å². The molecule has 5 heteroatoms. The van der Waals surface area contributed by atoms with Gasteiger partial charge in [-0.2, -0.15) is 0 Å². The van der Waals surface area contributed by atoms with E-state index in [1.54, 1.807) is 6.21 Å². The van der Waals surface area contributed by atoms with E-state index in [2.05, 4.69) is 22.9 Å². The van der Waals surface area contributed by atoms with Crippen LogP contribution in [0.3, 0.4) is 0 Å². The van der Waals surface area contributed by atoms with E-state index < -0.39 is 11.3 Å². The molecule has 1 rings (SSSR count). The van der Waals surface area contributed by atoms with E-state index in [9.17, 15) is 9.59 Å². The molecule has 80 valence electrons. The molecule has 1 aliphatic rings. The molecule has 15 heavy (non-hydrogen) atoms. The maximum absolute atomic E-state index is 10.7. The van der Waals surface area contributed by atoms with E-state index >= 15 is 0 Å². The lowest BCUT2D eigenvalue weighted by atomic mass is 10.1. The number of thiol groups is 1. The molecule has 0 radical (unpaired) electrons. The quantitative estimate of drug-likeness (QED) is 0.556. The van der Waals surface area contributed by atoms with Gasteiger partial charge in [0.1, 0.15) is 6.29 Å². The zero-order valence-electron chi connectivity index (χ0n) is 8.09. The average Bonchev–Trinajstić information content (AvgIpc) is 2.44. The predicted octanol–water partition coefficient (Wildman–Crippen LogP) is 1.15. The van der Waals surface area contributed by atoms with Crippen LogP contribution in [-0.2, 0) is 4.79 Å². The van der Waals surface area contributed by atoms with Crippen molar-refractivity contribution in [3.8, 4) is 0 Å².